The second-order valence-corrected chi connectivity index (χ2v) is 20.9. The van der Waals surface area contributed by atoms with E-state index in [1.54, 1.807) is 6.07 Å². The Morgan fingerprint density at radius 1 is 0.870 bits per heavy atom. The van der Waals surface area contributed by atoms with Crippen LogP contribution in [0.25, 0.3) is 32.9 Å². The van der Waals surface area contributed by atoms with Crippen LogP contribution < -0.4 is 4.90 Å². The minimum atomic E-state index is -2.16. The van der Waals surface area contributed by atoms with E-state index in [9.17, 15) is 0 Å². The Hall–Kier alpha value is -3.37. The Morgan fingerprint density at radius 2 is 1.54 bits per heavy atom. The number of halogens is 2. The molecule has 0 radical (unpaired) electrons. The number of hydrogen-bond donors (Lipinski definition) is 0. The third-order valence-electron chi connectivity index (χ3n) is 11.3. The lowest BCUT2D eigenvalue weighted by molar-refractivity contribution is 0.419. The van der Waals surface area contributed by atoms with Gasteiger partial charge in [0, 0.05) is 30.0 Å². The number of benzene rings is 2. The van der Waals surface area contributed by atoms with Crippen molar-refractivity contribution in [2.45, 2.75) is 103 Å². The van der Waals surface area contributed by atoms with Crippen LogP contribution in [0.2, 0.25) is 16.6 Å². The lowest BCUT2D eigenvalue weighted by Crippen LogP contribution is -2.43. The van der Waals surface area contributed by atoms with Gasteiger partial charge in [-0.3, -0.25) is 0 Å². The molecule has 2 bridgehead atoms. The molecule has 4 aromatic rings. The van der Waals surface area contributed by atoms with Gasteiger partial charge in [0.15, 0.2) is 5.82 Å². The molecule has 0 N–H and O–H groups in total. The second-order valence-electron chi connectivity index (χ2n) is 15.3. The number of hydrogen-bond acceptors (Lipinski definition) is 4. The topological polar surface area (TPSA) is 41.9 Å². The fourth-order valence-corrected chi connectivity index (χ4v) is 14.3. The number of piperidine rings is 1. The molecule has 3 aliphatic rings. The highest BCUT2D eigenvalue weighted by Gasteiger charge is 2.42. The van der Waals surface area contributed by atoms with E-state index < -0.39 is 13.9 Å². The fraction of sp³-hybridized carbons (Fsp3) is 0.513. The predicted molar refractivity (Wildman–Crippen MR) is 188 cm³/mol. The van der Waals surface area contributed by atoms with E-state index in [0.717, 1.165) is 53.8 Å². The molecule has 3 fully saturated rings. The SMILES string of the molecule is Cc1cc(-c2nc(C3CC3)c3c(N4CC5CCC(C5)C4)ncnc3c2F)c2c(C#C[Si](C(C)C)(C(C)C)C(C)C)c(F)ccc2c1. The number of rotatable bonds is 6. The highest BCUT2D eigenvalue weighted by molar-refractivity contribution is 6.90. The average Bonchev–Trinajstić information content (AvgIpc) is 3.80. The standard InChI is InChI=1S/C39H46F2N4Si/c1-22(2)46(23(3)4,24(5)6)15-14-30-32(40)13-12-29-16-25(7)17-31(33(29)30)37-35(41)38-34(36(44-37)28-10-11-28)39(43-21-42-38)45-19-26-8-9-27(18-26)20-45/h12-13,16-17,21-24,26-28H,8-11,18-20H2,1-7H3. The summed E-state index contributed by atoms with van der Waals surface area (Å²) in [6.45, 7) is 17.4. The molecule has 3 heterocycles. The molecule has 240 valence electrons. The van der Waals surface area contributed by atoms with Gasteiger partial charge in [0.2, 0.25) is 0 Å². The first-order chi connectivity index (χ1) is 22.0. The third-order valence-corrected chi connectivity index (χ3v) is 17.6. The highest BCUT2D eigenvalue weighted by Crippen LogP contribution is 2.48. The molecule has 0 amide bonds. The van der Waals surface area contributed by atoms with E-state index in [4.69, 9.17) is 9.97 Å². The summed E-state index contributed by atoms with van der Waals surface area (Å²) in [6.07, 6.45) is 7.33. The van der Waals surface area contributed by atoms with Gasteiger partial charge in [-0.1, -0.05) is 59.6 Å². The van der Waals surface area contributed by atoms with Crippen molar-refractivity contribution in [1.82, 2.24) is 15.0 Å². The van der Waals surface area contributed by atoms with Gasteiger partial charge < -0.3 is 4.90 Å². The fourth-order valence-electron chi connectivity index (χ4n) is 9.07. The smallest absolute Gasteiger partial charge is 0.175 e. The highest BCUT2D eigenvalue weighted by atomic mass is 28.3. The van der Waals surface area contributed by atoms with Crippen LogP contribution in [-0.4, -0.2) is 36.1 Å². The monoisotopic (exact) mass is 636 g/mol. The zero-order valence-corrected chi connectivity index (χ0v) is 29.3. The number of fused-ring (bicyclic) bond motifs is 4. The Labute approximate surface area is 273 Å². The summed E-state index contributed by atoms with van der Waals surface area (Å²) in [7, 11) is -2.16. The first kappa shape index (κ1) is 31.2. The maximum Gasteiger partial charge on any atom is 0.175 e. The van der Waals surface area contributed by atoms with Gasteiger partial charge in [-0.05, 0) is 90.6 Å². The molecule has 7 rings (SSSR count). The van der Waals surface area contributed by atoms with Gasteiger partial charge in [0.25, 0.3) is 0 Å². The van der Waals surface area contributed by atoms with Crippen LogP contribution >= 0.6 is 0 Å². The summed E-state index contributed by atoms with van der Waals surface area (Å²) >= 11 is 0. The lowest BCUT2D eigenvalue weighted by atomic mass is 9.93. The number of aromatic nitrogens is 3. The van der Waals surface area contributed by atoms with Crippen molar-refractivity contribution in [1.29, 1.82) is 0 Å². The molecule has 4 nitrogen and oxygen atoms in total. The Morgan fingerprint density at radius 3 is 2.17 bits per heavy atom. The maximum atomic E-state index is 17.0. The third kappa shape index (κ3) is 5.12. The molecule has 1 aliphatic heterocycles. The van der Waals surface area contributed by atoms with Crippen molar-refractivity contribution in [3.05, 3.63) is 59.0 Å². The quantitative estimate of drug-likeness (QED) is 0.156. The van der Waals surface area contributed by atoms with Crippen LogP contribution in [0.3, 0.4) is 0 Å². The summed E-state index contributed by atoms with van der Waals surface area (Å²) in [5.74, 6) is 4.96. The molecular formula is C39H46F2N4Si. The first-order valence-corrected chi connectivity index (χ1v) is 19.6. The molecule has 7 heteroatoms. The summed E-state index contributed by atoms with van der Waals surface area (Å²) in [5.41, 5.74) is 8.27. The van der Waals surface area contributed by atoms with Gasteiger partial charge in [-0.2, -0.15) is 0 Å². The van der Waals surface area contributed by atoms with Crippen LogP contribution in [0.15, 0.2) is 30.6 Å². The van der Waals surface area contributed by atoms with Crippen molar-refractivity contribution in [2.75, 3.05) is 18.0 Å². The Bertz CT molecular complexity index is 1870. The Kier molecular flexibility index (Phi) is 7.95. The molecule has 2 aromatic carbocycles. The molecule has 2 aromatic heterocycles. The number of pyridine rings is 1. The minimum absolute atomic E-state index is 0.236. The number of nitrogens with zero attached hydrogens (tertiary/aromatic N) is 4. The van der Waals surface area contributed by atoms with E-state index in [1.807, 2.05) is 19.1 Å². The largest absolute Gasteiger partial charge is 0.355 e. The zero-order valence-electron chi connectivity index (χ0n) is 28.3. The van der Waals surface area contributed by atoms with Crippen LogP contribution in [0.4, 0.5) is 14.6 Å². The molecule has 2 atom stereocenters. The summed E-state index contributed by atoms with van der Waals surface area (Å²) < 4.78 is 33.0. The first-order valence-electron chi connectivity index (χ1n) is 17.3. The molecular weight excluding hydrogens is 591 g/mol. The average molecular weight is 637 g/mol. The molecule has 2 aliphatic carbocycles. The number of aryl methyl sites for hydroxylation is 1. The summed E-state index contributed by atoms with van der Waals surface area (Å²) in [6, 6.07) is 7.27. The van der Waals surface area contributed by atoms with Crippen molar-refractivity contribution in [3.63, 3.8) is 0 Å². The predicted octanol–water partition coefficient (Wildman–Crippen LogP) is 10.1. The van der Waals surface area contributed by atoms with E-state index in [0.29, 0.717) is 50.5 Å². The Balaban J connectivity index is 1.47. The lowest BCUT2D eigenvalue weighted by Gasteiger charge is -2.38. The maximum absolute atomic E-state index is 17.0. The van der Waals surface area contributed by atoms with Gasteiger partial charge in [-0.25, -0.2) is 23.7 Å². The summed E-state index contributed by atoms with van der Waals surface area (Å²) in [4.78, 5) is 16.8. The molecule has 1 saturated heterocycles. The van der Waals surface area contributed by atoms with Crippen LogP contribution in [0.5, 0.6) is 0 Å². The van der Waals surface area contributed by atoms with E-state index in [2.05, 4.69) is 62.9 Å². The zero-order chi connectivity index (χ0) is 32.5. The second kappa shape index (κ2) is 11.7. The van der Waals surface area contributed by atoms with E-state index >= 15 is 8.78 Å². The van der Waals surface area contributed by atoms with Gasteiger partial charge >= 0.3 is 0 Å². The van der Waals surface area contributed by atoms with Crippen molar-refractivity contribution >= 4 is 35.6 Å². The molecule has 2 unspecified atom stereocenters. The minimum Gasteiger partial charge on any atom is -0.355 e. The summed E-state index contributed by atoms with van der Waals surface area (Å²) in [5, 5.41) is 2.23. The van der Waals surface area contributed by atoms with Crippen LogP contribution in [0.1, 0.15) is 96.4 Å². The molecule has 46 heavy (non-hydrogen) atoms. The van der Waals surface area contributed by atoms with Crippen LogP contribution in [0, 0.1) is 41.9 Å². The molecule has 0 spiro atoms. The van der Waals surface area contributed by atoms with Crippen LogP contribution in [-0.2, 0) is 0 Å². The van der Waals surface area contributed by atoms with Gasteiger partial charge in [0.1, 0.15) is 37.2 Å². The van der Waals surface area contributed by atoms with E-state index in [-0.39, 0.29) is 17.4 Å². The van der Waals surface area contributed by atoms with Crippen molar-refractivity contribution < 1.29 is 8.78 Å². The molecule has 2 saturated carbocycles. The normalized spacial score (nSPS) is 20.0. The number of anilines is 1. The van der Waals surface area contributed by atoms with Gasteiger partial charge in [0.05, 0.1) is 16.6 Å². The van der Waals surface area contributed by atoms with E-state index in [1.165, 1.54) is 31.7 Å². The van der Waals surface area contributed by atoms with Gasteiger partial charge in [-0.15, -0.1) is 5.54 Å². The van der Waals surface area contributed by atoms with Crippen molar-refractivity contribution in [3.8, 4) is 22.7 Å². The van der Waals surface area contributed by atoms with Crippen molar-refractivity contribution in [2.24, 2.45) is 11.8 Å².